The van der Waals surface area contributed by atoms with Crippen molar-refractivity contribution >= 4 is 43.1 Å². The molecule has 0 bridgehead atoms. The highest BCUT2D eigenvalue weighted by atomic mass is 14.4. The minimum absolute atomic E-state index is 0.0525. The van der Waals surface area contributed by atoms with Gasteiger partial charge in [-0.3, -0.25) is 0 Å². The summed E-state index contributed by atoms with van der Waals surface area (Å²) in [4.78, 5) is 0. The molecule has 11 rings (SSSR count). The Labute approximate surface area is 322 Å². The minimum Gasteiger partial charge on any atom is -0.0616 e. The van der Waals surface area contributed by atoms with E-state index in [-0.39, 0.29) is 5.41 Å². The molecule has 1 aliphatic rings. The molecule has 0 atom stereocenters. The lowest BCUT2D eigenvalue weighted by molar-refractivity contribution is 0.661. The van der Waals surface area contributed by atoms with Crippen LogP contribution >= 0.6 is 0 Å². The molecular formula is C55H38. The van der Waals surface area contributed by atoms with E-state index in [9.17, 15) is 0 Å². The van der Waals surface area contributed by atoms with E-state index in [1.165, 1.54) is 110 Å². The highest BCUT2D eigenvalue weighted by molar-refractivity contribution is 6.21. The van der Waals surface area contributed by atoms with Crippen molar-refractivity contribution in [2.24, 2.45) is 0 Å². The van der Waals surface area contributed by atoms with Gasteiger partial charge in [-0.1, -0.05) is 178 Å². The second kappa shape index (κ2) is 12.1. The zero-order valence-electron chi connectivity index (χ0n) is 31.0. The quantitative estimate of drug-likeness (QED) is 0.161. The zero-order valence-corrected chi connectivity index (χ0v) is 31.0. The molecule has 0 N–H and O–H groups in total. The van der Waals surface area contributed by atoms with Gasteiger partial charge in [-0.15, -0.1) is 0 Å². The average molecular weight is 699 g/mol. The lowest BCUT2D eigenvalue weighted by Gasteiger charge is -2.22. The van der Waals surface area contributed by atoms with Crippen LogP contribution in [0.15, 0.2) is 194 Å². The van der Waals surface area contributed by atoms with Crippen LogP contribution in [0.25, 0.3) is 98.7 Å². The van der Waals surface area contributed by atoms with E-state index in [1.807, 2.05) is 0 Å². The molecule has 0 unspecified atom stereocenters. The summed E-state index contributed by atoms with van der Waals surface area (Å²) in [6, 6.07) is 72.2. The summed E-state index contributed by atoms with van der Waals surface area (Å²) >= 11 is 0. The summed E-state index contributed by atoms with van der Waals surface area (Å²) in [5, 5.41) is 10.2. The van der Waals surface area contributed by atoms with Crippen LogP contribution in [0.5, 0.6) is 0 Å². The molecule has 10 aromatic rings. The summed E-state index contributed by atoms with van der Waals surface area (Å²) in [7, 11) is 0. The first-order valence-electron chi connectivity index (χ1n) is 19.3. The van der Waals surface area contributed by atoms with Crippen molar-refractivity contribution in [3.8, 4) is 55.6 Å². The normalized spacial score (nSPS) is 13.1. The van der Waals surface area contributed by atoms with Crippen LogP contribution in [0.2, 0.25) is 0 Å². The van der Waals surface area contributed by atoms with Crippen LogP contribution in [0, 0.1) is 0 Å². The van der Waals surface area contributed by atoms with E-state index in [0.29, 0.717) is 0 Å². The fourth-order valence-electron chi connectivity index (χ4n) is 9.54. The molecule has 55 heavy (non-hydrogen) atoms. The summed E-state index contributed by atoms with van der Waals surface area (Å²) < 4.78 is 0. The molecule has 0 saturated carbocycles. The van der Waals surface area contributed by atoms with Crippen LogP contribution in [0.1, 0.15) is 25.0 Å². The van der Waals surface area contributed by atoms with Gasteiger partial charge in [0.2, 0.25) is 0 Å². The molecule has 10 aromatic carbocycles. The van der Waals surface area contributed by atoms with E-state index in [1.54, 1.807) is 0 Å². The largest absolute Gasteiger partial charge is 0.0616 e. The molecule has 0 aliphatic heterocycles. The van der Waals surface area contributed by atoms with Crippen molar-refractivity contribution in [3.05, 3.63) is 205 Å². The maximum Gasteiger partial charge on any atom is 0.0159 e. The molecule has 0 fully saturated rings. The third kappa shape index (κ3) is 4.92. The first-order valence-corrected chi connectivity index (χ1v) is 19.3. The topological polar surface area (TPSA) is 0 Å². The SMILES string of the molecule is CC1(C)c2ccc(-c3cccc(-c4c5ccccc5c(-c5cccc(-c6cccc7ccccc67)c5)c5ccccc45)c3)cc2-c2cc3ccccc3cc21. The van der Waals surface area contributed by atoms with Crippen molar-refractivity contribution < 1.29 is 0 Å². The Bertz CT molecular complexity index is 3110. The average Bonchev–Trinajstić information content (AvgIpc) is 3.46. The number of fused-ring (bicyclic) bond motifs is 7. The highest BCUT2D eigenvalue weighted by Gasteiger charge is 2.35. The van der Waals surface area contributed by atoms with Crippen molar-refractivity contribution in [2.45, 2.75) is 19.3 Å². The van der Waals surface area contributed by atoms with Crippen molar-refractivity contribution in [1.29, 1.82) is 0 Å². The Morgan fingerprint density at radius 3 is 1.38 bits per heavy atom. The lowest BCUT2D eigenvalue weighted by atomic mass is 9.81. The molecule has 1 aliphatic carbocycles. The van der Waals surface area contributed by atoms with E-state index in [2.05, 4.69) is 208 Å². The summed E-state index contributed by atoms with van der Waals surface area (Å²) in [5.74, 6) is 0. The molecule has 0 nitrogen and oxygen atoms in total. The van der Waals surface area contributed by atoms with Crippen LogP contribution < -0.4 is 0 Å². The summed E-state index contributed by atoms with van der Waals surface area (Å²) in [6.07, 6.45) is 0. The molecule has 0 radical (unpaired) electrons. The number of rotatable bonds is 4. The monoisotopic (exact) mass is 698 g/mol. The molecule has 0 aromatic heterocycles. The molecule has 0 heterocycles. The molecular weight excluding hydrogens is 661 g/mol. The number of benzene rings is 10. The van der Waals surface area contributed by atoms with Gasteiger partial charge in [0.05, 0.1) is 0 Å². The standard InChI is InChI=1S/C55H38/c1-55(2)51-29-28-39(33-49(51)50-32-37-15-3-4-16-38(37)34-52(50)55)36-18-11-20-41(30-36)53-45-23-7-9-25-47(45)54(48-26-10-8-24-46(48)53)42-21-12-19-40(31-42)44-27-13-17-35-14-5-6-22-43(35)44/h3-34H,1-2H3. The van der Waals surface area contributed by atoms with Crippen LogP contribution in [-0.2, 0) is 5.41 Å². The summed E-state index contributed by atoms with van der Waals surface area (Å²) in [6.45, 7) is 4.74. The van der Waals surface area contributed by atoms with E-state index >= 15 is 0 Å². The Hall–Kier alpha value is -6.76. The zero-order chi connectivity index (χ0) is 36.7. The Morgan fingerprint density at radius 2 is 0.727 bits per heavy atom. The van der Waals surface area contributed by atoms with E-state index in [4.69, 9.17) is 0 Å². The van der Waals surface area contributed by atoms with Gasteiger partial charge >= 0.3 is 0 Å². The van der Waals surface area contributed by atoms with Gasteiger partial charge in [0.15, 0.2) is 0 Å². The van der Waals surface area contributed by atoms with Crippen molar-refractivity contribution in [1.82, 2.24) is 0 Å². The van der Waals surface area contributed by atoms with E-state index in [0.717, 1.165) is 0 Å². The second-order valence-corrected chi connectivity index (χ2v) is 15.7. The van der Waals surface area contributed by atoms with Gasteiger partial charge in [-0.2, -0.15) is 0 Å². The summed E-state index contributed by atoms with van der Waals surface area (Å²) in [5.41, 5.74) is 15.4. The minimum atomic E-state index is -0.0525. The van der Waals surface area contributed by atoms with Gasteiger partial charge in [0, 0.05) is 5.41 Å². The molecule has 0 spiro atoms. The third-order valence-electron chi connectivity index (χ3n) is 12.2. The van der Waals surface area contributed by atoms with Gasteiger partial charge in [-0.05, 0) is 140 Å². The number of hydrogen-bond donors (Lipinski definition) is 0. The van der Waals surface area contributed by atoms with Crippen LogP contribution in [0.3, 0.4) is 0 Å². The van der Waals surface area contributed by atoms with Gasteiger partial charge < -0.3 is 0 Å². The maximum atomic E-state index is 2.43. The van der Waals surface area contributed by atoms with Crippen LogP contribution in [0.4, 0.5) is 0 Å². The van der Waals surface area contributed by atoms with Crippen molar-refractivity contribution in [2.75, 3.05) is 0 Å². The Kier molecular flexibility index (Phi) is 7.00. The lowest BCUT2D eigenvalue weighted by Crippen LogP contribution is -2.14. The fourth-order valence-corrected chi connectivity index (χ4v) is 9.54. The Balaban J connectivity index is 1.08. The number of hydrogen-bond acceptors (Lipinski definition) is 0. The third-order valence-corrected chi connectivity index (χ3v) is 12.2. The highest BCUT2D eigenvalue weighted by Crippen LogP contribution is 2.51. The van der Waals surface area contributed by atoms with Crippen molar-refractivity contribution in [3.63, 3.8) is 0 Å². The molecule has 0 heteroatoms. The fraction of sp³-hybridized carbons (Fsp3) is 0.0545. The molecule has 0 amide bonds. The van der Waals surface area contributed by atoms with Crippen LogP contribution in [-0.4, -0.2) is 0 Å². The van der Waals surface area contributed by atoms with Gasteiger partial charge in [0.1, 0.15) is 0 Å². The first kappa shape index (κ1) is 31.7. The maximum absolute atomic E-state index is 2.43. The predicted octanol–water partition coefficient (Wildman–Crippen LogP) is 15.3. The smallest absolute Gasteiger partial charge is 0.0159 e. The Morgan fingerprint density at radius 1 is 0.273 bits per heavy atom. The van der Waals surface area contributed by atoms with E-state index < -0.39 is 0 Å². The van der Waals surface area contributed by atoms with Gasteiger partial charge in [0.25, 0.3) is 0 Å². The van der Waals surface area contributed by atoms with Gasteiger partial charge in [-0.25, -0.2) is 0 Å². The first-order chi connectivity index (χ1) is 27.0. The second-order valence-electron chi connectivity index (χ2n) is 15.7. The predicted molar refractivity (Wildman–Crippen MR) is 236 cm³/mol. The molecule has 258 valence electrons. The molecule has 0 saturated heterocycles.